The molecule has 0 atom stereocenters. The summed E-state index contributed by atoms with van der Waals surface area (Å²) in [5.74, 6) is -0.477. The van der Waals surface area contributed by atoms with Crippen LogP contribution >= 0.6 is 0 Å². The van der Waals surface area contributed by atoms with Crippen molar-refractivity contribution in [2.75, 3.05) is 6.54 Å². The van der Waals surface area contributed by atoms with Crippen LogP contribution in [0.2, 0.25) is 0 Å². The average Bonchev–Trinajstić information content (AvgIpc) is 2.76. The van der Waals surface area contributed by atoms with Crippen molar-refractivity contribution in [2.45, 2.75) is 110 Å². The third-order valence-electron chi connectivity index (χ3n) is 5.76. The van der Waals surface area contributed by atoms with Crippen molar-refractivity contribution in [1.82, 2.24) is 5.32 Å². The fourth-order valence-corrected chi connectivity index (χ4v) is 3.76. The van der Waals surface area contributed by atoms with Crippen LogP contribution in [0.1, 0.15) is 115 Å². The van der Waals surface area contributed by atoms with Gasteiger partial charge in [0.05, 0.1) is 0 Å². The zero-order chi connectivity index (χ0) is 22.6. The maximum atomic E-state index is 11.8. The van der Waals surface area contributed by atoms with Gasteiger partial charge in [0.15, 0.2) is 11.5 Å². The Kier molecular flexibility index (Phi) is 16.4. The Morgan fingerprint density at radius 2 is 1.23 bits per heavy atom. The number of aromatic hydroxyl groups is 2. The molecule has 0 spiro atoms. The van der Waals surface area contributed by atoms with Crippen molar-refractivity contribution in [2.24, 2.45) is 0 Å². The fourth-order valence-electron chi connectivity index (χ4n) is 3.76. The minimum atomic E-state index is -0.185. The van der Waals surface area contributed by atoms with Crippen LogP contribution in [-0.4, -0.2) is 22.7 Å². The van der Waals surface area contributed by atoms with E-state index in [1.54, 1.807) is 12.1 Å². The van der Waals surface area contributed by atoms with Crippen LogP contribution in [0.4, 0.5) is 0 Å². The first-order chi connectivity index (χ1) is 15.1. The van der Waals surface area contributed by atoms with E-state index in [-0.39, 0.29) is 17.4 Å². The van der Waals surface area contributed by atoms with Crippen LogP contribution in [0, 0.1) is 0 Å². The van der Waals surface area contributed by atoms with Gasteiger partial charge < -0.3 is 15.5 Å². The first-order valence-electron chi connectivity index (χ1n) is 12.6. The quantitative estimate of drug-likeness (QED) is 0.121. The monoisotopic (exact) mass is 431 g/mol. The highest BCUT2D eigenvalue weighted by molar-refractivity contribution is 5.91. The summed E-state index contributed by atoms with van der Waals surface area (Å²) < 4.78 is 0. The van der Waals surface area contributed by atoms with Gasteiger partial charge >= 0.3 is 0 Å². The highest BCUT2D eigenvalue weighted by atomic mass is 16.3. The predicted octanol–water partition coefficient (Wildman–Crippen LogP) is 7.49. The van der Waals surface area contributed by atoms with Gasteiger partial charge in [0.25, 0.3) is 0 Å². The molecule has 1 amide bonds. The number of nitrogens with one attached hydrogen (secondary N) is 1. The molecule has 4 heteroatoms. The molecular weight excluding hydrogens is 386 g/mol. The molecule has 3 N–H and O–H groups in total. The highest BCUT2D eigenvalue weighted by Gasteiger charge is 2.00. The van der Waals surface area contributed by atoms with Crippen LogP contribution in [0.25, 0.3) is 6.08 Å². The Hall–Kier alpha value is -1.97. The Morgan fingerprint density at radius 1 is 0.742 bits per heavy atom. The molecule has 0 saturated carbocycles. The molecule has 176 valence electrons. The predicted molar refractivity (Wildman–Crippen MR) is 131 cm³/mol. The van der Waals surface area contributed by atoms with Crippen molar-refractivity contribution in [1.29, 1.82) is 0 Å². The number of carbonyl (C=O) groups is 1. The number of rotatable bonds is 19. The first kappa shape index (κ1) is 27.1. The van der Waals surface area contributed by atoms with Gasteiger partial charge in [-0.05, 0) is 30.2 Å². The van der Waals surface area contributed by atoms with Gasteiger partial charge in [0, 0.05) is 12.6 Å². The van der Waals surface area contributed by atoms with Crippen LogP contribution in [0.15, 0.2) is 24.3 Å². The number of phenols is 2. The standard InChI is InChI=1S/C27H45NO3/c1-2-3-4-5-6-7-8-9-10-11-12-13-14-15-16-17-22-28-27(31)21-19-24-18-20-25(29)26(30)23-24/h18-21,23,29-30H,2-17,22H2,1H3,(H,28,31). The Balaban J connectivity index is 1.85. The lowest BCUT2D eigenvalue weighted by Gasteiger charge is -2.04. The minimum Gasteiger partial charge on any atom is -0.504 e. The second kappa shape index (κ2) is 18.8. The van der Waals surface area contributed by atoms with Crippen molar-refractivity contribution >= 4 is 12.0 Å². The second-order valence-electron chi connectivity index (χ2n) is 8.68. The van der Waals surface area contributed by atoms with Crippen molar-refractivity contribution < 1.29 is 15.0 Å². The minimum absolute atomic E-state index is 0.131. The van der Waals surface area contributed by atoms with Gasteiger partial charge in [0.1, 0.15) is 0 Å². The Labute approximate surface area is 190 Å². The Bertz CT molecular complexity index is 612. The lowest BCUT2D eigenvalue weighted by Crippen LogP contribution is -2.21. The van der Waals surface area contributed by atoms with Gasteiger partial charge in [-0.1, -0.05) is 109 Å². The van der Waals surface area contributed by atoms with Gasteiger partial charge in [0.2, 0.25) is 5.91 Å². The molecule has 0 fully saturated rings. The molecule has 0 unspecified atom stereocenters. The normalized spacial score (nSPS) is 11.3. The number of hydrogen-bond donors (Lipinski definition) is 3. The van der Waals surface area contributed by atoms with E-state index in [1.807, 2.05) is 0 Å². The zero-order valence-corrected chi connectivity index (χ0v) is 19.7. The van der Waals surface area contributed by atoms with Crippen LogP contribution in [0.3, 0.4) is 0 Å². The van der Waals surface area contributed by atoms with Crippen LogP contribution in [-0.2, 0) is 4.79 Å². The smallest absolute Gasteiger partial charge is 0.243 e. The molecule has 1 rings (SSSR count). The third kappa shape index (κ3) is 15.5. The first-order valence-corrected chi connectivity index (χ1v) is 12.6. The molecular formula is C27H45NO3. The largest absolute Gasteiger partial charge is 0.504 e. The van der Waals surface area contributed by atoms with E-state index in [4.69, 9.17) is 0 Å². The number of amides is 1. The van der Waals surface area contributed by atoms with Gasteiger partial charge in [-0.2, -0.15) is 0 Å². The Morgan fingerprint density at radius 3 is 1.71 bits per heavy atom. The molecule has 1 aromatic carbocycles. The average molecular weight is 432 g/mol. The van der Waals surface area contributed by atoms with E-state index >= 15 is 0 Å². The topological polar surface area (TPSA) is 69.6 Å². The number of unbranched alkanes of at least 4 members (excludes halogenated alkanes) is 15. The summed E-state index contributed by atoms with van der Waals surface area (Å²) in [6, 6.07) is 4.48. The molecule has 31 heavy (non-hydrogen) atoms. The molecule has 0 aromatic heterocycles. The zero-order valence-electron chi connectivity index (χ0n) is 19.7. The maximum Gasteiger partial charge on any atom is 0.243 e. The number of hydrogen-bond acceptors (Lipinski definition) is 3. The fraction of sp³-hybridized carbons (Fsp3) is 0.667. The molecule has 1 aromatic rings. The van der Waals surface area contributed by atoms with Gasteiger partial charge in [-0.3, -0.25) is 4.79 Å². The lowest BCUT2D eigenvalue weighted by atomic mass is 10.0. The molecule has 0 aliphatic heterocycles. The number of carbonyl (C=O) groups excluding carboxylic acids is 1. The van der Waals surface area contributed by atoms with E-state index in [9.17, 15) is 15.0 Å². The molecule has 0 bridgehead atoms. The summed E-state index contributed by atoms with van der Waals surface area (Å²) in [7, 11) is 0. The molecule has 0 aliphatic rings. The van der Waals surface area contributed by atoms with E-state index in [0.29, 0.717) is 12.1 Å². The summed E-state index contributed by atoms with van der Waals surface area (Å²) in [5, 5.41) is 21.6. The second-order valence-corrected chi connectivity index (χ2v) is 8.68. The van der Waals surface area contributed by atoms with Crippen molar-refractivity contribution in [3.63, 3.8) is 0 Å². The summed E-state index contributed by atoms with van der Waals surface area (Å²) in [4.78, 5) is 11.8. The van der Waals surface area contributed by atoms with Gasteiger partial charge in [-0.25, -0.2) is 0 Å². The molecule has 0 heterocycles. The summed E-state index contributed by atoms with van der Waals surface area (Å²) >= 11 is 0. The van der Waals surface area contributed by atoms with Gasteiger partial charge in [-0.15, -0.1) is 0 Å². The highest BCUT2D eigenvalue weighted by Crippen LogP contribution is 2.25. The molecule has 4 nitrogen and oxygen atoms in total. The van der Waals surface area contributed by atoms with E-state index in [2.05, 4.69) is 12.2 Å². The molecule has 0 radical (unpaired) electrons. The number of benzene rings is 1. The maximum absolute atomic E-state index is 11.8. The van der Waals surface area contributed by atoms with E-state index in [1.165, 1.54) is 108 Å². The van der Waals surface area contributed by atoms with E-state index in [0.717, 1.165) is 12.8 Å². The SMILES string of the molecule is CCCCCCCCCCCCCCCCCCNC(=O)C=Cc1ccc(O)c(O)c1. The molecule has 0 saturated heterocycles. The number of phenolic OH excluding ortho intramolecular Hbond substituents is 2. The van der Waals surface area contributed by atoms with Crippen molar-refractivity contribution in [3.05, 3.63) is 29.8 Å². The summed E-state index contributed by atoms with van der Waals surface area (Å²) in [5.41, 5.74) is 0.674. The summed E-state index contributed by atoms with van der Waals surface area (Å²) in [6.45, 7) is 2.97. The van der Waals surface area contributed by atoms with Crippen LogP contribution < -0.4 is 5.32 Å². The lowest BCUT2D eigenvalue weighted by molar-refractivity contribution is -0.116. The molecule has 0 aliphatic carbocycles. The van der Waals surface area contributed by atoms with Crippen molar-refractivity contribution in [3.8, 4) is 11.5 Å². The summed E-state index contributed by atoms with van der Waals surface area (Å²) in [6.07, 6.45) is 24.6. The van der Waals surface area contributed by atoms with E-state index < -0.39 is 0 Å². The third-order valence-corrected chi connectivity index (χ3v) is 5.76. The van der Waals surface area contributed by atoms with Crippen LogP contribution in [0.5, 0.6) is 11.5 Å².